The van der Waals surface area contributed by atoms with Crippen LogP contribution in [-0.2, 0) is 6.54 Å². The molecule has 0 atom stereocenters. The predicted molar refractivity (Wildman–Crippen MR) is 116 cm³/mol. The molecule has 1 saturated heterocycles. The minimum atomic E-state index is -0.437. The number of rotatable bonds is 5. The van der Waals surface area contributed by atoms with Gasteiger partial charge in [0.2, 0.25) is 0 Å². The fraction of sp³-hybridized carbons (Fsp3) is 0.318. The Kier molecular flexibility index (Phi) is 7.34. The van der Waals surface area contributed by atoms with Gasteiger partial charge in [0.05, 0.1) is 41.1 Å². The predicted octanol–water partition coefficient (Wildman–Crippen LogP) is 3.14. The van der Waals surface area contributed by atoms with E-state index in [2.05, 4.69) is 10.6 Å². The van der Waals surface area contributed by atoms with Gasteiger partial charge in [0.15, 0.2) is 0 Å². The van der Waals surface area contributed by atoms with Gasteiger partial charge in [-0.05, 0) is 48.7 Å². The molecule has 9 heteroatoms. The first-order valence-corrected chi connectivity index (χ1v) is 10.2. The van der Waals surface area contributed by atoms with Crippen LogP contribution >= 0.6 is 11.6 Å². The topological polar surface area (TPSA) is 115 Å². The molecule has 0 aromatic heterocycles. The standard InChI is InChI=1S/C22H23ClN4O4/c1-31-20-5-3-15(11-18(20)23)13-25-21(29)17-10-14(12-24)2-4-19(17)26-22(30)27-8-6-16(28)7-9-27/h2-5,10-11,16,28H,6-9,13H2,1H3,(H,25,29)(H,26,30). The lowest BCUT2D eigenvalue weighted by atomic mass is 10.1. The quantitative estimate of drug-likeness (QED) is 0.658. The fourth-order valence-electron chi connectivity index (χ4n) is 3.27. The maximum Gasteiger partial charge on any atom is 0.321 e. The number of urea groups is 1. The second-order valence-corrected chi connectivity index (χ2v) is 7.58. The van der Waals surface area contributed by atoms with Crippen molar-refractivity contribution in [2.24, 2.45) is 0 Å². The molecule has 0 aliphatic carbocycles. The first-order valence-electron chi connectivity index (χ1n) is 9.80. The number of nitriles is 1. The zero-order valence-corrected chi connectivity index (χ0v) is 17.8. The Balaban J connectivity index is 1.73. The SMILES string of the molecule is COc1ccc(CNC(=O)c2cc(C#N)ccc2NC(=O)N2CCC(O)CC2)cc1Cl. The van der Waals surface area contributed by atoms with E-state index in [1.54, 1.807) is 23.1 Å². The van der Waals surface area contributed by atoms with Crippen LogP contribution in [0.15, 0.2) is 36.4 Å². The molecule has 0 unspecified atom stereocenters. The van der Waals surface area contributed by atoms with Crippen LogP contribution in [0.3, 0.4) is 0 Å². The first-order chi connectivity index (χ1) is 14.9. The van der Waals surface area contributed by atoms with Crippen molar-refractivity contribution < 1.29 is 19.4 Å². The summed E-state index contributed by atoms with van der Waals surface area (Å²) in [5.74, 6) is 0.0992. The summed E-state index contributed by atoms with van der Waals surface area (Å²) in [6.07, 6.45) is 0.628. The number of aliphatic hydroxyl groups is 1. The maximum absolute atomic E-state index is 12.8. The Morgan fingerprint density at radius 1 is 1.26 bits per heavy atom. The zero-order valence-electron chi connectivity index (χ0n) is 17.0. The van der Waals surface area contributed by atoms with Gasteiger partial charge in [-0.15, -0.1) is 0 Å². The number of ether oxygens (including phenoxy) is 1. The first kappa shape index (κ1) is 22.4. The van der Waals surface area contributed by atoms with Crippen LogP contribution in [0.25, 0.3) is 0 Å². The number of anilines is 1. The number of nitrogens with one attached hydrogen (secondary N) is 2. The van der Waals surface area contributed by atoms with Crippen LogP contribution in [-0.4, -0.2) is 48.2 Å². The molecule has 162 valence electrons. The van der Waals surface area contributed by atoms with E-state index < -0.39 is 12.0 Å². The minimum absolute atomic E-state index is 0.184. The lowest BCUT2D eigenvalue weighted by Gasteiger charge is -2.29. The number of aliphatic hydroxyl groups excluding tert-OH is 1. The number of piperidine rings is 1. The Labute approximate surface area is 185 Å². The number of methoxy groups -OCH3 is 1. The zero-order chi connectivity index (χ0) is 22.4. The third-order valence-electron chi connectivity index (χ3n) is 5.06. The average molecular weight is 443 g/mol. The smallest absolute Gasteiger partial charge is 0.321 e. The van der Waals surface area contributed by atoms with Crippen molar-refractivity contribution in [3.8, 4) is 11.8 Å². The number of nitrogens with zero attached hydrogens (tertiary/aromatic N) is 2. The van der Waals surface area contributed by atoms with E-state index in [9.17, 15) is 20.0 Å². The van der Waals surface area contributed by atoms with Crippen molar-refractivity contribution in [3.05, 3.63) is 58.1 Å². The van der Waals surface area contributed by atoms with Gasteiger partial charge in [-0.3, -0.25) is 4.79 Å². The summed E-state index contributed by atoms with van der Waals surface area (Å²) in [7, 11) is 1.52. The van der Waals surface area contributed by atoms with Gasteiger partial charge in [-0.2, -0.15) is 5.26 Å². The lowest BCUT2D eigenvalue weighted by Crippen LogP contribution is -2.42. The van der Waals surface area contributed by atoms with Crippen LogP contribution < -0.4 is 15.4 Å². The van der Waals surface area contributed by atoms with E-state index in [0.29, 0.717) is 48.0 Å². The fourth-order valence-corrected chi connectivity index (χ4v) is 3.55. The van der Waals surface area contributed by atoms with E-state index in [0.717, 1.165) is 5.56 Å². The second-order valence-electron chi connectivity index (χ2n) is 7.17. The summed E-state index contributed by atoms with van der Waals surface area (Å²) in [6.45, 7) is 1.07. The van der Waals surface area contributed by atoms with E-state index >= 15 is 0 Å². The summed E-state index contributed by atoms with van der Waals surface area (Å²) in [5.41, 5.74) is 1.56. The molecular weight excluding hydrogens is 420 g/mol. The second kappa shape index (κ2) is 10.2. The number of likely N-dealkylation sites (tertiary alicyclic amines) is 1. The molecular formula is C22H23ClN4O4. The molecule has 0 spiro atoms. The highest BCUT2D eigenvalue weighted by atomic mass is 35.5. The number of halogens is 1. The van der Waals surface area contributed by atoms with Crippen molar-refractivity contribution in [1.82, 2.24) is 10.2 Å². The van der Waals surface area contributed by atoms with Crippen molar-refractivity contribution in [2.45, 2.75) is 25.5 Å². The Morgan fingerprint density at radius 2 is 2.00 bits per heavy atom. The molecule has 3 rings (SSSR count). The van der Waals surface area contributed by atoms with Gasteiger partial charge in [0.25, 0.3) is 5.91 Å². The average Bonchev–Trinajstić information content (AvgIpc) is 2.78. The van der Waals surface area contributed by atoms with Gasteiger partial charge < -0.3 is 25.4 Å². The number of carbonyl (C=O) groups excluding carboxylic acids is 2. The summed E-state index contributed by atoms with van der Waals surface area (Å²) in [6, 6.07) is 11.3. The van der Waals surface area contributed by atoms with Gasteiger partial charge in [-0.1, -0.05) is 17.7 Å². The number of hydrogen-bond acceptors (Lipinski definition) is 5. The molecule has 0 radical (unpaired) electrons. The molecule has 2 aromatic rings. The van der Waals surface area contributed by atoms with E-state index in [1.165, 1.54) is 25.3 Å². The number of amides is 3. The number of hydrogen-bond donors (Lipinski definition) is 3. The molecule has 1 fully saturated rings. The molecule has 0 bridgehead atoms. The molecule has 1 heterocycles. The van der Waals surface area contributed by atoms with Gasteiger partial charge >= 0.3 is 6.03 Å². The normalized spacial score (nSPS) is 13.9. The van der Waals surface area contributed by atoms with Gasteiger partial charge in [-0.25, -0.2) is 4.79 Å². The molecule has 1 aliphatic rings. The van der Waals surface area contributed by atoms with Crippen LogP contribution in [0.2, 0.25) is 5.02 Å². The van der Waals surface area contributed by atoms with Crippen LogP contribution in [0.4, 0.5) is 10.5 Å². The van der Waals surface area contributed by atoms with Gasteiger partial charge in [0.1, 0.15) is 5.75 Å². The molecule has 8 nitrogen and oxygen atoms in total. The Morgan fingerprint density at radius 3 is 2.65 bits per heavy atom. The molecule has 0 saturated carbocycles. The highest BCUT2D eigenvalue weighted by Gasteiger charge is 2.23. The van der Waals surface area contributed by atoms with Crippen LogP contribution in [0.5, 0.6) is 5.75 Å². The van der Waals surface area contributed by atoms with Crippen LogP contribution in [0.1, 0.15) is 34.3 Å². The molecule has 1 aliphatic heterocycles. The third kappa shape index (κ3) is 5.66. The highest BCUT2D eigenvalue weighted by Crippen LogP contribution is 2.25. The van der Waals surface area contributed by atoms with Gasteiger partial charge in [0, 0.05) is 19.6 Å². The summed E-state index contributed by atoms with van der Waals surface area (Å²) < 4.78 is 5.12. The van der Waals surface area contributed by atoms with E-state index in [4.69, 9.17) is 16.3 Å². The molecule has 3 amide bonds. The number of carbonyl (C=O) groups is 2. The van der Waals surface area contributed by atoms with Crippen molar-refractivity contribution in [1.29, 1.82) is 5.26 Å². The lowest BCUT2D eigenvalue weighted by molar-refractivity contribution is 0.0951. The largest absolute Gasteiger partial charge is 0.495 e. The van der Waals surface area contributed by atoms with Crippen LogP contribution in [0, 0.1) is 11.3 Å². The molecule has 2 aromatic carbocycles. The highest BCUT2D eigenvalue weighted by molar-refractivity contribution is 6.32. The minimum Gasteiger partial charge on any atom is -0.495 e. The monoisotopic (exact) mass is 442 g/mol. The Hall–Kier alpha value is -3.28. The van der Waals surface area contributed by atoms with Crippen molar-refractivity contribution >= 4 is 29.2 Å². The molecule has 31 heavy (non-hydrogen) atoms. The maximum atomic E-state index is 12.8. The molecule has 3 N–H and O–H groups in total. The van der Waals surface area contributed by atoms with E-state index in [1.807, 2.05) is 6.07 Å². The summed E-state index contributed by atoms with van der Waals surface area (Å²) >= 11 is 6.13. The summed E-state index contributed by atoms with van der Waals surface area (Å²) in [4.78, 5) is 27.0. The van der Waals surface area contributed by atoms with E-state index in [-0.39, 0.29) is 18.1 Å². The third-order valence-corrected chi connectivity index (χ3v) is 5.35. The Bertz CT molecular complexity index is 1010. The number of benzene rings is 2. The summed E-state index contributed by atoms with van der Waals surface area (Å²) in [5, 5.41) is 24.8. The van der Waals surface area contributed by atoms with Crippen molar-refractivity contribution in [2.75, 3.05) is 25.5 Å². The van der Waals surface area contributed by atoms with Crippen molar-refractivity contribution in [3.63, 3.8) is 0 Å².